The lowest BCUT2D eigenvalue weighted by Gasteiger charge is -2.42. The number of ether oxygens (including phenoxy) is 2. The molecule has 1 saturated heterocycles. The second-order valence-corrected chi connectivity index (χ2v) is 7.81. The Hall–Kier alpha value is -1.34. The smallest absolute Gasteiger partial charge is 0.191 e. The predicted octanol–water partition coefficient (Wildman–Crippen LogP) is 2.69. The molecule has 2 N–H and O–H groups in total. The maximum Gasteiger partial charge on any atom is 0.191 e. The summed E-state index contributed by atoms with van der Waals surface area (Å²) >= 11 is 6.09. The molecule has 2 rings (SSSR count). The van der Waals surface area contributed by atoms with E-state index in [1.807, 2.05) is 12.1 Å². The lowest BCUT2D eigenvalue weighted by atomic mass is 10.0. The van der Waals surface area contributed by atoms with Gasteiger partial charge < -0.3 is 20.1 Å². The van der Waals surface area contributed by atoms with E-state index in [9.17, 15) is 0 Å². The molecule has 0 radical (unpaired) electrons. The fourth-order valence-electron chi connectivity index (χ4n) is 3.30. The van der Waals surface area contributed by atoms with E-state index in [1.54, 1.807) is 14.2 Å². The van der Waals surface area contributed by atoms with Gasteiger partial charge in [0.15, 0.2) is 5.96 Å². The number of halogens is 1. The van der Waals surface area contributed by atoms with E-state index in [2.05, 4.69) is 46.5 Å². The SMILES string of the molecule is CN=C(NCCCOC)NCC(c1ccc(Cl)cc1)N1CCOC(C)(C)C1. The highest BCUT2D eigenvalue weighted by molar-refractivity contribution is 6.30. The average molecular weight is 397 g/mol. The van der Waals surface area contributed by atoms with Gasteiger partial charge in [0, 0.05) is 52.0 Å². The highest BCUT2D eigenvalue weighted by atomic mass is 35.5. The summed E-state index contributed by atoms with van der Waals surface area (Å²) in [6.07, 6.45) is 0.940. The van der Waals surface area contributed by atoms with Crippen LogP contribution in [0.3, 0.4) is 0 Å². The second-order valence-electron chi connectivity index (χ2n) is 7.37. The van der Waals surface area contributed by atoms with Gasteiger partial charge in [-0.25, -0.2) is 0 Å². The molecule has 0 aliphatic carbocycles. The van der Waals surface area contributed by atoms with Gasteiger partial charge in [0.1, 0.15) is 0 Å². The van der Waals surface area contributed by atoms with E-state index in [-0.39, 0.29) is 11.6 Å². The van der Waals surface area contributed by atoms with Gasteiger partial charge in [-0.3, -0.25) is 9.89 Å². The van der Waals surface area contributed by atoms with E-state index in [0.29, 0.717) is 0 Å². The molecule has 1 aliphatic heterocycles. The zero-order valence-electron chi connectivity index (χ0n) is 16.9. The molecule has 7 heteroatoms. The highest BCUT2D eigenvalue weighted by Gasteiger charge is 2.32. The molecule has 0 aromatic heterocycles. The topological polar surface area (TPSA) is 58.1 Å². The lowest BCUT2D eigenvalue weighted by Crippen LogP contribution is -2.52. The van der Waals surface area contributed by atoms with Crippen molar-refractivity contribution in [3.63, 3.8) is 0 Å². The zero-order valence-corrected chi connectivity index (χ0v) is 17.7. The Morgan fingerprint density at radius 1 is 1.33 bits per heavy atom. The highest BCUT2D eigenvalue weighted by Crippen LogP contribution is 2.27. The van der Waals surface area contributed by atoms with Crippen LogP contribution in [0.15, 0.2) is 29.3 Å². The second kappa shape index (κ2) is 10.9. The number of benzene rings is 1. The molecule has 152 valence electrons. The van der Waals surface area contributed by atoms with Crippen LogP contribution < -0.4 is 10.6 Å². The van der Waals surface area contributed by atoms with Gasteiger partial charge >= 0.3 is 0 Å². The summed E-state index contributed by atoms with van der Waals surface area (Å²) in [5, 5.41) is 7.55. The Balaban J connectivity index is 2.04. The maximum atomic E-state index is 6.09. The minimum Gasteiger partial charge on any atom is -0.385 e. The number of aliphatic imine (C=N–C) groups is 1. The summed E-state index contributed by atoms with van der Waals surface area (Å²) < 4.78 is 11.0. The Kier molecular flexibility index (Phi) is 8.83. The van der Waals surface area contributed by atoms with Crippen molar-refractivity contribution in [2.24, 2.45) is 4.99 Å². The van der Waals surface area contributed by atoms with Crippen molar-refractivity contribution >= 4 is 17.6 Å². The van der Waals surface area contributed by atoms with Crippen LogP contribution in [0.4, 0.5) is 0 Å². The van der Waals surface area contributed by atoms with Gasteiger partial charge in [-0.15, -0.1) is 0 Å². The number of guanidine groups is 1. The largest absolute Gasteiger partial charge is 0.385 e. The third-order valence-electron chi connectivity index (χ3n) is 4.65. The molecule has 0 spiro atoms. The first-order chi connectivity index (χ1) is 12.9. The molecular weight excluding hydrogens is 364 g/mol. The number of hydrogen-bond acceptors (Lipinski definition) is 4. The number of nitrogens with one attached hydrogen (secondary N) is 2. The summed E-state index contributed by atoms with van der Waals surface area (Å²) in [4.78, 5) is 6.80. The van der Waals surface area contributed by atoms with Gasteiger partial charge in [-0.2, -0.15) is 0 Å². The van der Waals surface area contributed by atoms with Crippen LogP contribution in [-0.2, 0) is 9.47 Å². The minimum atomic E-state index is -0.150. The van der Waals surface area contributed by atoms with Gasteiger partial charge in [-0.1, -0.05) is 23.7 Å². The monoisotopic (exact) mass is 396 g/mol. The van der Waals surface area contributed by atoms with Crippen LogP contribution in [0.1, 0.15) is 31.9 Å². The number of hydrogen-bond donors (Lipinski definition) is 2. The van der Waals surface area contributed by atoms with Crippen LogP contribution >= 0.6 is 11.6 Å². The van der Waals surface area contributed by atoms with Crippen LogP contribution in [0.25, 0.3) is 0 Å². The first-order valence-corrected chi connectivity index (χ1v) is 9.90. The minimum absolute atomic E-state index is 0.150. The fourth-order valence-corrected chi connectivity index (χ4v) is 3.42. The summed E-state index contributed by atoms with van der Waals surface area (Å²) in [5.74, 6) is 0.803. The van der Waals surface area contributed by atoms with E-state index >= 15 is 0 Å². The zero-order chi connectivity index (χ0) is 19.7. The van der Waals surface area contributed by atoms with Gasteiger partial charge in [0.2, 0.25) is 0 Å². The molecule has 0 amide bonds. The Labute approximate surface area is 168 Å². The van der Waals surface area contributed by atoms with Gasteiger partial charge in [0.25, 0.3) is 0 Å². The van der Waals surface area contributed by atoms with E-state index in [0.717, 1.165) is 56.8 Å². The fraction of sp³-hybridized carbons (Fsp3) is 0.650. The van der Waals surface area contributed by atoms with E-state index in [4.69, 9.17) is 21.1 Å². The van der Waals surface area contributed by atoms with Crippen molar-refractivity contribution in [2.45, 2.75) is 31.9 Å². The van der Waals surface area contributed by atoms with Crippen LogP contribution in [-0.4, -0.2) is 70.0 Å². The summed E-state index contributed by atoms with van der Waals surface area (Å²) in [6.45, 7) is 9.11. The first kappa shape index (κ1) is 22.0. The molecule has 27 heavy (non-hydrogen) atoms. The molecule has 0 saturated carbocycles. The molecule has 1 aromatic carbocycles. The molecule has 1 atom stereocenters. The van der Waals surface area contributed by atoms with Crippen molar-refractivity contribution < 1.29 is 9.47 Å². The number of rotatable bonds is 8. The molecule has 1 aliphatic rings. The van der Waals surface area contributed by atoms with Gasteiger partial charge in [-0.05, 0) is 38.0 Å². The molecular formula is C20H33ClN4O2. The molecule has 1 heterocycles. The van der Waals surface area contributed by atoms with Crippen molar-refractivity contribution in [2.75, 3.05) is 53.6 Å². The van der Waals surface area contributed by atoms with Crippen LogP contribution in [0.5, 0.6) is 0 Å². The standard InChI is InChI=1S/C20H33ClN4O2/c1-20(2)15-25(11-13-27-20)18(16-6-8-17(21)9-7-16)14-24-19(22-3)23-10-5-12-26-4/h6-9,18H,5,10-15H2,1-4H3,(H2,22,23,24). The Morgan fingerprint density at radius 2 is 2.07 bits per heavy atom. The summed E-state index contributed by atoms with van der Waals surface area (Å²) in [5.41, 5.74) is 1.09. The Morgan fingerprint density at radius 3 is 2.70 bits per heavy atom. The third kappa shape index (κ3) is 7.30. The quantitative estimate of drug-likeness (QED) is 0.402. The third-order valence-corrected chi connectivity index (χ3v) is 4.91. The van der Waals surface area contributed by atoms with Gasteiger partial charge in [0.05, 0.1) is 18.2 Å². The normalized spacial score (nSPS) is 18.9. The van der Waals surface area contributed by atoms with Crippen molar-refractivity contribution in [1.29, 1.82) is 0 Å². The molecule has 6 nitrogen and oxygen atoms in total. The predicted molar refractivity (Wildman–Crippen MR) is 112 cm³/mol. The maximum absolute atomic E-state index is 6.09. The van der Waals surface area contributed by atoms with Crippen molar-refractivity contribution in [3.8, 4) is 0 Å². The summed E-state index contributed by atoms with van der Waals surface area (Å²) in [7, 11) is 3.51. The van der Waals surface area contributed by atoms with E-state index in [1.165, 1.54) is 5.56 Å². The van der Waals surface area contributed by atoms with Crippen LogP contribution in [0, 0.1) is 0 Å². The van der Waals surface area contributed by atoms with Crippen molar-refractivity contribution in [1.82, 2.24) is 15.5 Å². The Bertz CT molecular complexity index is 592. The van der Waals surface area contributed by atoms with Crippen molar-refractivity contribution in [3.05, 3.63) is 34.9 Å². The number of methoxy groups -OCH3 is 1. The van der Waals surface area contributed by atoms with Crippen LogP contribution in [0.2, 0.25) is 5.02 Å². The molecule has 1 fully saturated rings. The first-order valence-electron chi connectivity index (χ1n) is 9.52. The number of nitrogens with zero attached hydrogens (tertiary/aromatic N) is 2. The molecule has 1 aromatic rings. The average Bonchev–Trinajstić information content (AvgIpc) is 2.64. The number of morpholine rings is 1. The van der Waals surface area contributed by atoms with E-state index < -0.39 is 0 Å². The summed E-state index contributed by atoms with van der Waals surface area (Å²) in [6, 6.07) is 8.32. The molecule has 0 bridgehead atoms. The molecule has 1 unspecified atom stereocenters. The lowest BCUT2D eigenvalue weighted by molar-refractivity contribution is -0.0971.